The zero-order valence-electron chi connectivity index (χ0n) is 19.5. The van der Waals surface area contributed by atoms with Gasteiger partial charge in [-0.3, -0.25) is 44.0 Å². The largest absolute Gasteiger partial charge is 0.480 e. The molecule has 0 aromatic carbocycles. The first kappa shape index (κ1) is 30.0. The van der Waals surface area contributed by atoms with Crippen LogP contribution < -0.4 is 16.6 Å². The minimum Gasteiger partial charge on any atom is -0.480 e. The van der Waals surface area contributed by atoms with Gasteiger partial charge in [-0.2, -0.15) is 5.21 Å². The van der Waals surface area contributed by atoms with Gasteiger partial charge in [0.1, 0.15) is 0 Å². The number of Topliss-reactive ketones (excluding diaryl/α,β-unsaturated/α-hetero) is 1. The maximum Gasteiger partial charge on any atom is 0.317 e. The predicted molar refractivity (Wildman–Crippen MR) is 119 cm³/mol. The van der Waals surface area contributed by atoms with Gasteiger partial charge in [0.05, 0.1) is 32.7 Å². The maximum atomic E-state index is 12.3. The van der Waals surface area contributed by atoms with E-state index in [4.69, 9.17) is 21.2 Å². The quantitative estimate of drug-likeness (QED) is 0.0551. The number of rotatable bonds is 18. The number of carbonyl (C=O) groups is 6. The smallest absolute Gasteiger partial charge is 0.317 e. The molecule has 0 atom stereocenters. The molecule has 0 aliphatic carbocycles. The molecule has 0 bridgehead atoms. The number of likely N-dealkylation sites (N-methyl/N-ethyl adjacent to an activating group) is 1. The van der Waals surface area contributed by atoms with Crippen molar-refractivity contribution in [3.05, 3.63) is 11.4 Å². The number of aliphatic carboxylic acids is 3. The van der Waals surface area contributed by atoms with Gasteiger partial charge >= 0.3 is 17.9 Å². The Bertz CT molecular complexity index is 936. The molecule has 18 nitrogen and oxygen atoms in total. The molecule has 0 radical (unpaired) electrons. The average molecular weight is 515 g/mol. The lowest BCUT2D eigenvalue weighted by molar-refractivity contribution is -0.142. The maximum absolute atomic E-state index is 12.3. The molecule has 0 aliphatic rings. The molecular formula is C18H29N9O9. The van der Waals surface area contributed by atoms with Crippen molar-refractivity contribution in [2.24, 2.45) is 5.84 Å². The third-order valence-corrected chi connectivity index (χ3v) is 4.63. The third kappa shape index (κ3) is 11.4. The van der Waals surface area contributed by atoms with Gasteiger partial charge in [-0.25, -0.2) is 5.84 Å². The number of carboxylic acid groups (broad SMARTS) is 3. The van der Waals surface area contributed by atoms with Gasteiger partial charge in [0.25, 0.3) is 11.8 Å². The summed E-state index contributed by atoms with van der Waals surface area (Å²) in [5.41, 5.74) is 1.05. The number of nitrogens with zero attached hydrogens (tertiary/aromatic N) is 5. The van der Waals surface area contributed by atoms with Crippen molar-refractivity contribution in [2.45, 2.75) is 0 Å². The monoisotopic (exact) mass is 515 g/mol. The number of amides is 2. The van der Waals surface area contributed by atoms with Crippen molar-refractivity contribution >= 4 is 35.5 Å². The number of carbonyl (C=O) groups excluding carboxylic acids is 3. The minimum absolute atomic E-state index is 0.143. The Hall–Kier alpha value is -4.00. The molecule has 0 aliphatic heterocycles. The van der Waals surface area contributed by atoms with Crippen LogP contribution in [0.3, 0.4) is 0 Å². The van der Waals surface area contributed by atoms with E-state index < -0.39 is 61.7 Å². The van der Waals surface area contributed by atoms with Crippen molar-refractivity contribution in [1.29, 1.82) is 0 Å². The highest BCUT2D eigenvalue weighted by atomic mass is 16.4. The second-order valence-corrected chi connectivity index (χ2v) is 7.62. The van der Waals surface area contributed by atoms with Crippen LogP contribution in [0.1, 0.15) is 21.0 Å². The fourth-order valence-corrected chi connectivity index (χ4v) is 2.92. The Labute approximate surface area is 204 Å². The number of H-pyrrole nitrogens is 1. The highest BCUT2D eigenvalue weighted by molar-refractivity contribution is 6.05. The summed E-state index contributed by atoms with van der Waals surface area (Å²) >= 11 is 0. The number of hydrazine groups is 1. The van der Waals surface area contributed by atoms with Gasteiger partial charge in [-0.05, 0) is 7.05 Å². The van der Waals surface area contributed by atoms with Crippen LogP contribution in [0.15, 0.2) is 0 Å². The van der Waals surface area contributed by atoms with Crippen LogP contribution in [0.2, 0.25) is 0 Å². The van der Waals surface area contributed by atoms with Crippen molar-refractivity contribution in [3.63, 3.8) is 0 Å². The summed E-state index contributed by atoms with van der Waals surface area (Å²) in [5, 5.41) is 38.3. The number of ketones is 1. The van der Waals surface area contributed by atoms with Gasteiger partial charge in [-0.15, -0.1) is 10.2 Å². The van der Waals surface area contributed by atoms with Crippen molar-refractivity contribution in [3.8, 4) is 0 Å². The normalized spacial score (nSPS) is 11.0. The SMILES string of the molecule is CN(CCN(CC(=O)O)CC(=O)O)CCN(CC(=O)O)CC(=O)CNC(=O)c1n[nH]nc1C(=O)NN. The molecule has 0 unspecified atom stereocenters. The standard InChI is InChI=1S/C18H29N9O9/c1-25(3-5-27(9-13(31)32)10-14(33)34)2-4-26(8-12(29)30)7-11(28)6-20-17(35)15-16(18(36)21-19)23-24-22-15/h2-10,19H2,1H3,(H,20,35)(H,21,36)(H,29,30)(H,31,32)(H,33,34)(H,22,23,24). The number of aromatic nitrogens is 3. The lowest BCUT2D eigenvalue weighted by Crippen LogP contribution is -2.44. The van der Waals surface area contributed by atoms with Gasteiger partial charge in [0.15, 0.2) is 17.2 Å². The zero-order chi connectivity index (χ0) is 27.3. The van der Waals surface area contributed by atoms with Crippen LogP contribution in [0, 0.1) is 0 Å². The lowest BCUT2D eigenvalue weighted by atomic mass is 10.2. The number of hydrogen-bond acceptors (Lipinski definition) is 12. The molecule has 0 saturated heterocycles. The molecule has 0 spiro atoms. The zero-order valence-corrected chi connectivity index (χ0v) is 19.5. The average Bonchev–Trinajstić information content (AvgIpc) is 3.28. The van der Waals surface area contributed by atoms with E-state index in [1.54, 1.807) is 17.4 Å². The first-order valence-electron chi connectivity index (χ1n) is 10.4. The van der Waals surface area contributed by atoms with E-state index in [0.29, 0.717) is 6.54 Å². The Morgan fingerprint density at radius 3 is 1.67 bits per heavy atom. The summed E-state index contributed by atoms with van der Waals surface area (Å²) in [6.07, 6.45) is 0. The molecule has 1 aromatic rings. The molecule has 200 valence electrons. The van der Waals surface area contributed by atoms with Crippen LogP contribution in [-0.4, -0.2) is 147 Å². The van der Waals surface area contributed by atoms with E-state index in [1.807, 2.05) is 0 Å². The first-order chi connectivity index (χ1) is 16.9. The molecule has 0 saturated carbocycles. The van der Waals surface area contributed by atoms with Crippen LogP contribution in [0.25, 0.3) is 0 Å². The summed E-state index contributed by atoms with van der Waals surface area (Å²) in [7, 11) is 1.67. The molecule has 8 N–H and O–H groups in total. The topological polar surface area (TPSA) is 264 Å². The second-order valence-electron chi connectivity index (χ2n) is 7.62. The van der Waals surface area contributed by atoms with Gasteiger partial charge in [0, 0.05) is 26.2 Å². The van der Waals surface area contributed by atoms with Crippen LogP contribution in [0.5, 0.6) is 0 Å². The molecule has 0 fully saturated rings. The van der Waals surface area contributed by atoms with Crippen LogP contribution in [0.4, 0.5) is 0 Å². The number of hydrogen-bond donors (Lipinski definition) is 7. The Morgan fingerprint density at radius 1 is 0.778 bits per heavy atom. The van der Waals surface area contributed by atoms with E-state index in [-0.39, 0.29) is 37.6 Å². The molecular weight excluding hydrogens is 486 g/mol. The van der Waals surface area contributed by atoms with Crippen molar-refractivity contribution < 1.29 is 44.1 Å². The fourth-order valence-electron chi connectivity index (χ4n) is 2.92. The molecule has 1 rings (SSSR count). The minimum atomic E-state index is -1.18. The summed E-state index contributed by atoms with van der Waals surface area (Å²) in [5.74, 6) is -0.771. The van der Waals surface area contributed by atoms with E-state index >= 15 is 0 Å². The third-order valence-electron chi connectivity index (χ3n) is 4.63. The summed E-state index contributed by atoms with van der Waals surface area (Å²) in [4.78, 5) is 73.3. The van der Waals surface area contributed by atoms with Crippen molar-refractivity contribution in [1.82, 2.24) is 40.9 Å². The van der Waals surface area contributed by atoms with E-state index in [1.165, 1.54) is 9.80 Å². The molecule has 2 amide bonds. The number of aromatic amines is 1. The first-order valence-corrected chi connectivity index (χ1v) is 10.4. The van der Waals surface area contributed by atoms with E-state index in [0.717, 1.165) is 0 Å². The Morgan fingerprint density at radius 2 is 1.22 bits per heavy atom. The number of nitrogen functional groups attached to an aromatic ring is 1. The number of nitrogens with two attached hydrogens (primary N) is 1. The second kappa shape index (κ2) is 15.1. The predicted octanol–water partition coefficient (Wildman–Crippen LogP) is -4.50. The van der Waals surface area contributed by atoms with E-state index in [9.17, 15) is 28.8 Å². The highest BCUT2D eigenvalue weighted by Gasteiger charge is 2.23. The fraction of sp³-hybridized carbons (Fsp3) is 0.556. The molecule has 1 aromatic heterocycles. The summed E-state index contributed by atoms with van der Waals surface area (Å²) in [6.45, 7) is -1.26. The number of carboxylic acids is 3. The van der Waals surface area contributed by atoms with Crippen molar-refractivity contribution in [2.75, 3.05) is 66.0 Å². The number of nitrogens with one attached hydrogen (secondary N) is 3. The molecule has 36 heavy (non-hydrogen) atoms. The van der Waals surface area contributed by atoms with Crippen LogP contribution in [-0.2, 0) is 19.2 Å². The van der Waals surface area contributed by atoms with Gasteiger partial charge < -0.3 is 25.5 Å². The molecule has 18 heteroatoms. The summed E-state index contributed by atoms with van der Waals surface area (Å²) in [6, 6.07) is 0. The Kier molecular flexibility index (Phi) is 12.6. The van der Waals surface area contributed by atoms with Gasteiger partial charge in [-0.1, -0.05) is 0 Å². The lowest BCUT2D eigenvalue weighted by Gasteiger charge is -2.25. The Balaban J connectivity index is 2.58. The van der Waals surface area contributed by atoms with E-state index in [2.05, 4.69) is 20.7 Å². The van der Waals surface area contributed by atoms with Gasteiger partial charge in [0.2, 0.25) is 0 Å². The highest BCUT2D eigenvalue weighted by Crippen LogP contribution is 2.00. The molecule has 1 heterocycles. The van der Waals surface area contributed by atoms with Crippen LogP contribution >= 0.6 is 0 Å². The summed E-state index contributed by atoms with van der Waals surface area (Å²) < 4.78 is 0.